The van der Waals surface area contributed by atoms with Crippen molar-refractivity contribution in [1.29, 1.82) is 0 Å². The van der Waals surface area contributed by atoms with E-state index in [1.807, 2.05) is 31.2 Å². The Kier molecular flexibility index (Phi) is 4.46. The number of hydrogen-bond acceptors (Lipinski definition) is 4. The molecule has 4 rings (SSSR count). The van der Waals surface area contributed by atoms with Crippen LogP contribution in [0.5, 0.6) is 5.88 Å². The highest BCUT2D eigenvalue weighted by molar-refractivity contribution is 5.34. The summed E-state index contributed by atoms with van der Waals surface area (Å²) in [6.45, 7) is 2.01. The molecule has 1 aromatic carbocycles. The van der Waals surface area contributed by atoms with E-state index in [4.69, 9.17) is 4.74 Å². The molecule has 0 unspecified atom stereocenters. The fourth-order valence-electron chi connectivity index (χ4n) is 3.57. The van der Waals surface area contributed by atoms with Crippen molar-refractivity contribution in [2.24, 2.45) is 0 Å². The van der Waals surface area contributed by atoms with Gasteiger partial charge in [-0.15, -0.1) is 10.2 Å². The summed E-state index contributed by atoms with van der Waals surface area (Å²) in [6.07, 6.45) is 6.15. The molecule has 5 nitrogen and oxygen atoms in total. The number of ether oxygens (including phenoxy) is 1. The average Bonchev–Trinajstić information content (AvgIpc) is 3.05. The van der Waals surface area contributed by atoms with Gasteiger partial charge in [0, 0.05) is 23.9 Å². The van der Waals surface area contributed by atoms with Crippen molar-refractivity contribution in [2.75, 3.05) is 0 Å². The van der Waals surface area contributed by atoms with Crippen LogP contribution < -0.4 is 4.74 Å². The van der Waals surface area contributed by atoms with Gasteiger partial charge in [-0.1, -0.05) is 24.3 Å². The van der Waals surface area contributed by atoms with Crippen molar-refractivity contribution >= 4 is 0 Å². The lowest BCUT2D eigenvalue weighted by Gasteiger charge is -2.28. The zero-order valence-corrected chi connectivity index (χ0v) is 14.4. The molecule has 128 valence electrons. The fraction of sp³-hybridized carbons (Fsp3) is 0.350. The summed E-state index contributed by atoms with van der Waals surface area (Å²) in [7, 11) is 0. The van der Waals surface area contributed by atoms with Crippen molar-refractivity contribution in [3.05, 3.63) is 66.4 Å². The Labute approximate surface area is 147 Å². The van der Waals surface area contributed by atoms with E-state index >= 15 is 0 Å². The number of aromatic nitrogens is 4. The van der Waals surface area contributed by atoms with Crippen LogP contribution in [0, 0.1) is 6.92 Å². The lowest BCUT2D eigenvalue weighted by Crippen LogP contribution is -2.25. The zero-order chi connectivity index (χ0) is 17.1. The van der Waals surface area contributed by atoms with Gasteiger partial charge < -0.3 is 4.74 Å². The second-order valence-corrected chi connectivity index (χ2v) is 6.54. The second-order valence-electron chi connectivity index (χ2n) is 6.54. The van der Waals surface area contributed by atoms with E-state index in [9.17, 15) is 0 Å². The minimum absolute atomic E-state index is 0.236. The molecule has 0 bridgehead atoms. The van der Waals surface area contributed by atoms with Gasteiger partial charge >= 0.3 is 0 Å². The predicted octanol–water partition coefficient (Wildman–Crippen LogP) is 4.08. The van der Waals surface area contributed by atoms with Gasteiger partial charge in [0.1, 0.15) is 17.8 Å². The lowest BCUT2D eigenvalue weighted by molar-refractivity contribution is 0.139. The summed E-state index contributed by atoms with van der Waals surface area (Å²) in [5.41, 5.74) is 1.13. The van der Waals surface area contributed by atoms with Crippen molar-refractivity contribution in [3.63, 3.8) is 0 Å². The third-order valence-electron chi connectivity index (χ3n) is 4.83. The first-order valence-electron chi connectivity index (χ1n) is 8.86. The number of aryl methyl sites for hydroxylation is 1. The van der Waals surface area contributed by atoms with E-state index in [1.54, 1.807) is 6.20 Å². The highest BCUT2D eigenvalue weighted by atomic mass is 16.5. The summed E-state index contributed by atoms with van der Waals surface area (Å²) >= 11 is 0. The smallest absolute Gasteiger partial charge is 0.213 e. The first-order valence-corrected chi connectivity index (χ1v) is 8.86. The van der Waals surface area contributed by atoms with Crippen LogP contribution in [0.25, 0.3) is 5.69 Å². The van der Waals surface area contributed by atoms with Gasteiger partial charge in [-0.25, -0.2) is 4.98 Å². The first kappa shape index (κ1) is 15.8. The first-order chi connectivity index (χ1) is 12.3. The monoisotopic (exact) mass is 334 g/mol. The van der Waals surface area contributed by atoms with E-state index in [-0.39, 0.29) is 6.10 Å². The summed E-state index contributed by atoms with van der Waals surface area (Å²) in [6, 6.07) is 16.1. The molecule has 1 saturated carbocycles. The Morgan fingerprint density at radius 2 is 1.68 bits per heavy atom. The summed E-state index contributed by atoms with van der Waals surface area (Å²) in [5, 5.41) is 8.81. The molecule has 1 fully saturated rings. The standard InChI is InChI=1S/C20H22N4O/c1-15-22-23-20(24(15)17-7-3-2-4-8-17)16-10-12-18(13-11-16)25-19-9-5-6-14-21-19/h2-9,14,16,18H,10-13H2,1H3. The maximum atomic E-state index is 6.01. The number of benzene rings is 1. The van der Waals surface area contributed by atoms with Crippen LogP contribution in [-0.4, -0.2) is 25.9 Å². The highest BCUT2D eigenvalue weighted by Gasteiger charge is 2.28. The van der Waals surface area contributed by atoms with Crippen LogP contribution in [0.15, 0.2) is 54.7 Å². The molecule has 2 aromatic heterocycles. The van der Waals surface area contributed by atoms with Gasteiger partial charge in [0.05, 0.1) is 0 Å². The van der Waals surface area contributed by atoms with E-state index in [2.05, 4.69) is 44.0 Å². The van der Waals surface area contributed by atoms with Gasteiger partial charge in [-0.2, -0.15) is 0 Å². The predicted molar refractivity (Wildman–Crippen MR) is 96.0 cm³/mol. The third-order valence-corrected chi connectivity index (χ3v) is 4.83. The van der Waals surface area contributed by atoms with Crippen molar-refractivity contribution in [2.45, 2.75) is 44.6 Å². The molecule has 25 heavy (non-hydrogen) atoms. The van der Waals surface area contributed by atoms with Gasteiger partial charge in [0.2, 0.25) is 5.88 Å². The van der Waals surface area contributed by atoms with Gasteiger partial charge in [0.15, 0.2) is 0 Å². The number of hydrogen-bond donors (Lipinski definition) is 0. The van der Waals surface area contributed by atoms with E-state index in [1.165, 1.54) is 0 Å². The van der Waals surface area contributed by atoms with E-state index in [0.29, 0.717) is 11.8 Å². The van der Waals surface area contributed by atoms with Gasteiger partial charge in [-0.3, -0.25) is 4.57 Å². The Balaban J connectivity index is 1.47. The van der Waals surface area contributed by atoms with Crippen molar-refractivity contribution in [3.8, 4) is 11.6 Å². The molecule has 0 radical (unpaired) electrons. The fourth-order valence-corrected chi connectivity index (χ4v) is 3.57. The molecule has 5 heteroatoms. The molecule has 0 atom stereocenters. The molecule has 0 aliphatic heterocycles. The van der Waals surface area contributed by atoms with Crippen LogP contribution in [-0.2, 0) is 0 Å². The zero-order valence-electron chi connectivity index (χ0n) is 14.4. The number of pyridine rings is 1. The lowest BCUT2D eigenvalue weighted by atomic mass is 9.86. The quantitative estimate of drug-likeness (QED) is 0.721. The molecule has 0 N–H and O–H groups in total. The SMILES string of the molecule is Cc1nnc(C2CCC(Oc3ccccn3)CC2)n1-c1ccccc1. The maximum Gasteiger partial charge on any atom is 0.213 e. The van der Waals surface area contributed by atoms with Gasteiger partial charge in [0.25, 0.3) is 0 Å². The Morgan fingerprint density at radius 3 is 2.40 bits per heavy atom. The molecule has 3 aromatic rings. The average molecular weight is 334 g/mol. The van der Waals surface area contributed by atoms with Crippen LogP contribution >= 0.6 is 0 Å². The Morgan fingerprint density at radius 1 is 0.920 bits per heavy atom. The molecule has 0 saturated heterocycles. The minimum atomic E-state index is 0.236. The molecular formula is C20H22N4O. The van der Waals surface area contributed by atoms with E-state index in [0.717, 1.165) is 43.0 Å². The van der Waals surface area contributed by atoms with Crippen LogP contribution in [0.1, 0.15) is 43.3 Å². The second kappa shape index (κ2) is 7.05. The highest BCUT2D eigenvalue weighted by Crippen LogP contribution is 2.34. The molecule has 1 aliphatic carbocycles. The van der Waals surface area contributed by atoms with Crippen LogP contribution in [0.2, 0.25) is 0 Å². The van der Waals surface area contributed by atoms with Crippen LogP contribution in [0.4, 0.5) is 0 Å². The van der Waals surface area contributed by atoms with Crippen molar-refractivity contribution < 1.29 is 4.74 Å². The van der Waals surface area contributed by atoms with Crippen molar-refractivity contribution in [1.82, 2.24) is 19.7 Å². The third kappa shape index (κ3) is 3.40. The Hall–Kier alpha value is -2.69. The molecule has 1 aliphatic rings. The minimum Gasteiger partial charge on any atom is -0.474 e. The topological polar surface area (TPSA) is 52.8 Å². The molecule has 0 amide bonds. The van der Waals surface area contributed by atoms with Crippen LogP contribution in [0.3, 0.4) is 0 Å². The molecule has 0 spiro atoms. The number of rotatable bonds is 4. The summed E-state index contributed by atoms with van der Waals surface area (Å²) < 4.78 is 8.19. The maximum absolute atomic E-state index is 6.01. The summed E-state index contributed by atoms with van der Waals surface area (Å²) in [5.74, 6) is 3.15. The Bertz CT molecular complexity index is 808. The normalized spacial score (nSPS) is 20.4. The molecule has 2 heterocycles. The molecular weight excluding hydrogens is 312 g/mol. The largest absolute Gasteiger partial charge is 0.474 e. The van der Waals surface area contributed by atoms with E-state index < -0.39 is 0 Å². The summed E-state index contributed by atoms with van der Waals surface area (Å²) in [4.78, 5) is 4.26. The number of para-hydroxylation sites is 1. The number of nitrogens with zero attached hydrogens (tertiary/aromatic N) is 4. The van der Waals surface area contributed by atoms with Gasteiger partial charge in [-0.05, 0) is 50.8 Å².